The predicted molar refractivity (Wildman–Crippen MR) is 107 cm³/mol. The lowest BCUT2D eigenvalue weighted by molar-refractivity contribution is -0.123. The van der Waals surface area contributed by atoms with Crippen LogP contribution in [0.1, 0.15) is 31.2 Å². The van der Waals surface area contributed by atoms with Gasteiger partial charge in [-0.3, -0.25) is 4.79 Å². The van der Waals surface area contributed by atoms with Crippen LogP contribution < -0.4 is 15.4 Å². The second-order valence-electron chi connectivity index (χ2n) is 6.37. The van der Waals surface area contributed by atoms with Gasteiger partial charge in [0.1, 0.15) is 5.75 Å². The first-order valence-electron chi connectivity index (χ1n) is 8.53. The van der Waals surface area contributed by atoms with Gasteiger partial charge in [0, 0.05) is 13.1 Å². The van der Waals surface area contributed by atoms with Gasteiger partial charge in [-0.25, -0.2) is 0 Å². The fourth-order valence-electron chi connectivity index (χ4n) is 2.66. The average Bonchev–Trinajstić information content (AvgIpc) is 2.58. The number of hydrogen-bond donors (Lipinski definition) is 2. The molecule has 1 atom stereocenters. The normalized spacial score (nSPS) is 16.5. The Balaban J connectivity index is 0.00000288. The van der Waals surface area contributed by atoms with Crippen molar-refractivity contribution in [1.82, 2.24) is 15.5 Å². The minimum atomic E-state index is -0.0250. The predicted octanol–water partition coefficient (Wildman–Crippen LogP) is 2.62. The van der Waals surface area contributed by atoms with E-state index in [0.29, 0.717) is 6.54 Å². The van der Waals surface area contributed by atoms with Crippen molar-refractivity contribution < 1.29 is 9.53 Å². The second kappa shape index (κ2) is 13.2. The molecule has 1 heterocycles. The van der Waals surface area contributed by atoms with E-state index >= 15 is 0 Å². The fourth-order valence-corrected chi connectivity index (χ4v) is 2.66. The minimum Gasteiger partial charge on any atom is -0.494 e. The van der Waals surface area contributed by atoms with E-state index < -0.39 is 0 Å². The zero-order valence-corrected chi connectivity index (χ0v) is 16.8. The summed E-state index contributed by atoms with van der Waals surface area (Å²) < 4.78 is 5.71. The summed E-state index contributed by atoms with van der Waals surface area (Å²) in [7, 11) is 4.12. The summed E-state index contributed by atoms with van der Waals surface area (Å²) in [4.78, 5) is 14.2. The molecule has 1 aliphatic heterocycles. The van der Waals surface area contributed by atoms with Crippen molar-refractivity contribution in [3.05, 3.63) is 29.8 Å². The summed E-state index contributed by atoms with van der Waals surface area (Å²) in [6, 6.07) is 7.93. The summed E-state index contributed by atoms with van der Waals surface area (Å²) in [5, 5.41) is 6.27. The van der Waals surface area contributed by atoms with Gasteiger partial charge >= 0.3 is 0 Å². The number of nitrogens with zero attached hydrogens (tertiary/aromatic N) is 1. The van der Waals surface area contributed by atoms with Gasteiger partial charge in [-0.1, -0.05) is 18.6 Å². The van der Waals surface area contributed by atoms with Crippen LogP contribution in [0.25, 0.3) is 0 Å². The Bertz CT molecular complexity index is 478. The summed E-state index contributed by atoms with van der Waals surface area (Å²) in [6.07, 6.45) is 4.25. The standard InChI is InChI=1S/C18H29N3O2.2ClH/c1-21(2)12-5-13-23-16-9-7-15(8-10-16)14-20-18(22)17-6-3-4-11-19-17;;/h7-10,17,19H,3-6,11-14H2,1-2H3,(H,20,22);2*1H/t17-;;/m1../s1. The molecule has 0 bridgehead atoms. The van der Waals surface area contributed by atoms with Crippen molar-refractivity contribution in [3.63, 3.8) is 0 Å². The summed E-state index contributed by atoms with van der Waals surface area (Å²) in [6.45, 7) is 3.26. The third kappa shape index (κ3) is 9.31. The molecule has 0 saturated carbocycles. The minimum absolute atomic E-state index is 0. The van der Waals surface area contributed by atoms with Gasteiger partial charge in [0.2, 0.25) is 5.91 Å². The summed E-state index contributed by atoms with van der Waals surface area (Å²) in [5.41, 5.74) is 1.09. The van der Waals surface area contributed by atoms with Gasteiger partial charge < -0.3 is 20.3 Å². The number of halogens is 2. The van der Waals surface area contributed by atoms with Gasteiger partial charge in [0.15, 0.2) is 0 Å². The number of amides is 1. The van der Waals surface area contributed by atoms with E-state index in [1.54, 1.807) is 0 Å². The zero-order chi connectivity index (χ0) is 16.5. The highest BCUT2D eigenvalue weighted by Crippen LogP contribution is 2.13. The zero-order valence-electron chi connectivity index (χ0n) is 15.1. The third-order valence-electron chi connectivity index (χ3n) is 4.04. The maximum atomic E-state index is 12.1. The average molecular weight is 392 g/mol. The smallest absolute Gasteiger partial charge is 0.237 e. The van der Waals surface area contributed by atoms with Crippen LogP contribution in [0.5, 0.6) is 5.75 Å². The Labute approximate surface area is 163 Å². The Morgan fingerprint density at radius 3 is 2.56 bits per heavy atom. The molecule has 1 aromatic carbocycles. The van der Waals surface area contributed by atoms with Crippen LogP contribution in [0.15, 0.2) is 24.3 Å². The van der Waals surface area contributed by atoms with E-state index in [1.165, 1.54) is 6.42 Å². The number of carbonyl (C=O) groups excluding carboxylic acids is 1. The van der Waals surface area contributed by atoms with E-state index in [9.17, 15) is 4.79 Å². The highest BCUT2D eigenvalue weighted by atomic mass is 35.5. The molecule has 0 spiro atoms. The quantitative estimate of drug-likeness (QED) is 0.668. The molecule has 1 fully saturated rings. The second-order valence-corrected chi connectivity index (χ2v) is 6.37. The largest absolute Gasteiger partial charge is 0.494 e. The molecule has 0 aliphatic carbocycles. The first-order chi connectivity index (χ1) is 11.1. The first kappa shape index (κ1) is 24.0. The van der Waals surface area contributed by atoms with Crippen molar-refractivity contribution in [3.8, 4) is 5.75 Å². The van der Waals surface area contributed by atoms with Crippen molar-refractivity contribution >= 4 is 30.7 Å². The number of hydrogen-bond acceptors (Lipinski definition) is 4. The maximum Gasteiger partial charge on any atom is 0.237 e. The van der Waals surface area contributed by atoms with Crippen molar-refractivity contribution in [1.29, 1.82) is 0 Å². The SMILES string of the molecule is CN(C)CCCOc1ccc(CNC(=O)[C@H]2CCCCN2)cc1.Cl.Cl. The first-order valence-corrected chi connectivity index (χ1v) is 8.53. The number of nitrogens with one attached hydrogen (secondary N) is 2. The Kier molecular flexibility index (Phi) is 12.7. The van der Waals surface area contributed by atoms with E-state index in [4.69, 9.17) is 4.74 Å². The summed E-state index contributed by atoms with van der Waals surface area (Å²) in [5.74, 6) is 0.987. The van der Waals surface area contributed by atoms with Crippen molar-refractivity contribution in [2.45, 2.75) is 38.3 Å². The molecule has 2 rings (SSSR count). The van der Waals surface area contributed by atoms with Gasteiger partial charge in [-0.2, -0.15) is 0 Å². The van der Waals surface area contributed by atoms with Crippen LogP contribution in [0, 0.1) is 0 Å². The summed E-state index contributed by atoms with van der Waals surface area (Å²) >= 11 is 0. The number of benzene rings is 1. The maximum absolute atomic E-state index is 12.1. The molecule has 2 N–H and O–H groups in total. The Morgan fingerprint density at radius 1 is 1.24 bits per heavy atom. The van der Waals surface area contributed by atoms with E-state index in [2.05, 4.69) is 29.6 Å². The van der Waals surface area contributed by atoms with Crippen LogP contribution in [0.3, 0.4) is 0 Å². The fraction of sp³-hybridized carbons (Fsp3) is 0.611. The molecule has 5 nitrogen and oxygen atoms in total. The van der Waals surface area contributed by atoms with Crippen LogP contribution in [-0.4, -0.2) is 50.6 Å². The van der Waals surface area contributed by atoms with Crippen LogP contribution in [-0.2, 0) is 11.3 Å². The lowest BCUT2D eigenvalue weighted by atomic mass is 10.0. The Hall–Kier alpha value is -1.01. The topological polar surface area (TPSA) is 53.6 Å². The monoisotopic (exact) mass is 391 g/mol. The molecular weight excluding hydrogens is 361 g/mol. The molecule has 1 amide bonds. The molecule has 0 aromatic heterocycles. The van der Waals surface area contributed by atoms with Gasteiger partial charge in [-0.05, 0) is 57.6 Å². The molecule has 144 valence electrons. The molecule has 25 heavy (non-hydrogen) atoms. The molecular formula is C18H31Cl2N3O2. The van der Waals surface area contributed by atoms with E-state index in [0.717, 1.165) is 50.3 Å². The molecule has 0 unspecified atom stereocenters. The molecule has 1 aliphatic rings. The number of piperidine rings is 1. The van der Waals surface area contributed by atoms with Gasteiger partial charge in [0.05, 0.1) is 12.6 Å². The lowest BCUT2D eigenvalue weighted by Crippen LogP contribution is -2.46. The van der Waals surface area contributed by atoms with Crippen LogP contribution in [0.2, 0.25) is 0 Å². The molecule has 1 aromatic rings. The third-order valence-corrected chi connectivity index (χ3v) is 4.04. The van der Waals surface area contributed by atoms with E-state index in [1.807, 2.05) is 24.3 Å². The van der Waals surface area contributed by atoms with Crippen molar-refractivity contribution in [2.24, 2.45) is 0 Å². The van der Waals surface area contributed by atoms with E-state index in [-0.39, 0.29) is 36.8 Å². The highest BCUT2D eigenvalue weighted by Gasteiger charge is 2.19. The number of ether oxygens (including phenoxy) is 1. The van der Waals surface area contributed by atoms with Gasteiger partial charge in [-0.15, -0.1) is 24.8 Å². The molecule has 7 heteroatoms. The number of rotatable bonds is 8. The lowest BCUT2D eigenvalue weighted by Gasteiger charge is -2.22. The van der Waals surface area contributed by atoms with Crippen LogP contribution >= 0.6 is 24.8 Å². The van der Waals surface area contributed by atoms with Gasteiger partial charge in [0.25, 0.3) is 0 Å². The Morgan fingerprint density at radius 2 is 1.96 bits per heavy atom. The molecule has 0 radical (unpaired) electrons. The highest BCUT2D eigenvalue weighted by molar-refractivity contribution is 5.85. The molecule has 1 saturated heterocycles. The van der Waals surface area contributed by atoms with Crippen molar-refractivity contribution in [2.75, 3.05) is 33.8 Å². The number of carbonyl (C=O) groups is 1. The van der Waals surface area contributed by atoms with Crippen LogP contribution in [0.4, 0.5) is 0 Å².